The number of nitrogen functional groups attached to an aromatic ring is 1. The monoisotopic (exact) mass is 251 g/mol. The predicted octanol–water partition coefficient (Wildman–Crippen LogP) is 1.29. The van der Waals surface area contributed by atoms with Crippen molar-refractivity contribution in [2.45, 2.75) is 39.3 Å². The average Bonchev–Trinajstić information content (AvgIpc) is 2.33. The molecule has 0 saturated carbocycles. The van der Waals surface area contributed by atoms with Crippen molar-refractivity contribution >= 4 is 5.69 Å². The van der Waals surface area contributed by atoms with E-state index in [0.717, 1.165) is 18.7 Å². The lowest BCUT2D eigenvalue weighted by molar-refractivity contribution is 0.0914. The molecule has 0 radical (unpaired) electrons. The number of hydrazine groups is 1. The second-order valence-corrected chi connectivity index (χ2v) is 4.93. The van der Waals surface area contributed by atoms with Gasteiger partial charge < -0.3 is 5.73 Å². The Morgan fingerprint density at radius 1 is 1.39 bits per heavy atom. The third kappa shape index (κ3) is 2.80. The molecule has 5 heteroatoms. The molecular weight excluding hydrogens is 226 g/mol. The molecule has 1 aromatic rings. The van der Waals surface area contributed by atoms with Crippen LogP contribution in [0, 0.1) is 0 Å². The number of likely N-dealkylation sites (N-methyl/N-ethyl adjacent to an activating group) is 1. The number of nitrogens with zero attached hydrogens (tertiary/aromatic N) is 2. The molecule has 18 heavy (non-hydrogen) atoms. The van der Waals surface area contributed by atoms with Crippen molar-refractivity contribution in [3.8, 4) is 0 Å². The van der Waals surface area contributed by atoms with E-state index in [2.05, 4.69) is 43.0 Å². The van der Waals surface area contributed by atoms with Crippen molar-refractivity contribution in [1.29, 1.82) is 0 Å². The third-order valence-electron chi connectivity index (χ3n) is 3.65. The van der Waals surface area contributed by atoms with Crippen molar-refractivity contribution < 1.29 is 0 Å². The summed E-state index contributed by atoms with van der Waals surface area (Å²) in [5.41, 5.74) is 10.4. The Morgan fingerprint density at radius 2 is 2.00 bits per heavy atom. The van der Waals surface area contributed by atoms with Gasteiger partial charge in [0.1, 0.15) is 0 Å². The SMILES string of the molecule is CCN(CC)C(C)(C)C(NN)c1cnccc1N. The predicted molar refractivity (Wildman–Crippen MR) is 75.7 cm³/mol. The summed E-state index contributed by atoms with van der Waals surface area (Å²) in [6, 6.07) is 1.74. The first-order valence-electron chi connectivity index (χ1n) is 6.39. The minimum absolute atomic E-state index is 0.0638. The number of nitrogens with one attached hydrogen (secondary N) is 1. The molecule has 102 valence electrons. The normalized spacial score (nSPS) is 13.9. The van der Waals surface area contributed by atoms with Crippen LogP contribution in [0.5, 0.6) is 0 Å². The topological polar surface area (TPSA) is 80.2 Å². The van der Waals surface area contributed by atoms with Gasteiger partial charge in [0, 0.05) is 29.2 Å². The first-order chi connectivity index (χ1) is 8.48. The summed E-state index contributed by atoms with van der Waals surface area (Å²) in [7, 11) is 0. The van der Waals surface area contributed by atoms with Gasteiger partial charge in [-0.2, -0.15) is 0 Å². The van der Waals surface area contributed by atoms with Crippen molar-refractivity contribution in [2.24, 2.45) is 5.84 Å². The summed E-state index contributed by atoms with van der Waals surface area (Å²) in [6.07, 6.45) is 3.47. The molecule has 0 spiro atoms. The highest BCUT2D eigenvalue weighted by atomic mass is 15.3. The van der Waals surface area contributed by atoms with E-state index in [-0.39, 0.29) is 11.6 Å². The van der Waals surface area contributed by atoms with E-state index < -0.39 is 0 Å². The Kier molecular flexibility index (Phi) is 5.07. The summed E-state index contributed by atoms with van der Waals surface area (Å²) >= 11 is 0. The van der Waals surface area contributed by atoms with E-state index in [1.807, 2.05) is 0 Å². The van der Waals surface area contributed by atoms with Crippen LogP contribution in [-0.4, -0.2) is 28.5 Å². The lowest BCUT2D eigenvalue weighted by Crippen LogP contribution is -2.54. The zero-order valence-electron chi connectivity index (χ0n) is 11.8. The van der Waals surface area contributed by atoms with Crippen LogP contribution in [-0.2, 0) is 0 Å². The molecule has 1 atom stereocenters. The highest BCUT2D eigenvalue weighted by molar-refractivity contribution is 5.47. The minimum Gasteiger partial charge on any atom is -0.398 e. The number of pyridine rings is 1. The fourth-order valence-electron chi connectivity index (χ4n) is 2.55. The van der Waals surface area contributed by atoms with Gasteiger partial charge in [0.05, 0.1) is 6.04 Å². The maximum absolute atomic E-state index is 6.02. The first-order valence-corrected chi connectivity index (χ1v) is 6.39. The van der Waals surface area contributed by atoms with Gasteiger partial charge in [-0.15, -0.1) is 0 Å². The van der Waals surface area contributed by atoms with Crippen molar-refractivity contribution in [1.82, 2.24) is 15.3 Å². The van der Waals surface area contributed by atoms with Gasteiger partial charge in [0.25, 0.3) is 0 Å². The van der Waals surface area contributed by atoms with Crippen LogP contribution >= 0.6 is 0 Å². The molecule has 0 aromatic carbocycles. The summed E-state index contributed by atoms with van der Waals surface area (Å²) in [5.74, 6) is 5.75. The molecule has 0 saturated heterocycles. The first kappa shape index (κ1) is 14.9. The molecule has 0 amide bonds. The zero-order chi connectivity index (χ0) is 13.8. The van der Waals surface area contributed by atoms with Crippen LogP contribution in [0.25, 0.3) is 0 Å². The van der Waals surface area contributed by atoms with Crippen LogP contribution in [0.15, 0.2) is 18.5 Å². The second-order valence-electron chi connectivity index (χ2n) is 4.93. The molecule has 0 bridgehead atoms. The molecule has 1 rings (SSSR count). The Labute approximate surface area is 110 Å². The molecular formula is C13H25N5. The molecule has 0 aliphatic rings. The largest absolute Gasteiger partial charge is 0.398 e. The minimum atomic E-state index is -0.143. The molecule has 0 fully saturated rings. The van der Waals surface area contributed by atoms with Gasteiger partial charge in [-0.1, -0.05) is 13.8 Å². The molecule has 1 heterocycles. The van der Waals surface area contributed by atoms with Gasteiger partial charge >= 0.3 is 0 Å². The van der Waals surface area contributed by atoms with Crippen LogP contribution in [0.3, 0.4) is 0 Å². The standard InChI is InChI=1S/C13H25N5/c1-5-18(6-2)13(3,4)12(17-15)10-9-16-8-7-11(10)14/h7-9,12,17H,5-6,15H2,1-4H3,(H2,14,16). The number of nitrogens with two attached hydrogens (primary N) is 2. The Morgan fingerprint density at radius 3 is 2.44 bits per heavy atom. The summed E-state index contributed by atoms with van der Waals surface area (Å²) in [6.45, 7) is 10.5. The van der Waals surface area contributed by atoms with Crippen LogP contribution in [0.4, 0.5) is 5.69 Å². The summed E-state index contributed by atoms with van der Waals surface area (Å²) in [5, 5.41) is 0. The van der Waals surface area contributed by atoms with E-state index in [4.69, 9.17) is 11.6 Å². The number of hydrogen-bond donors (Lipinski definition) is 3. The third-order valence-corrected chi connectivity index (χ3v) is 3.65. The fourth-order valence-corrected chi connectivity index (χ4v) is 2.55. The highest BCUT2D eigenvalue weighted by Gasteiger charge is 2.35. The number of hydrogen-bond acceptors (Lipinski definition) is 5. The van der Waals surface area contributed by atoms with Crippen LogP contribution in [0.2, 0.25) is 0 Å². The highest BCUT2D eigenvalue weighted by Crippen LogP contribution is 2.32. The van der Waals surface area contributed by atoms with Crippen LogP contribution < -0.4 is 17.0 Å². The number of anilines is 1. The van der Waals surface area contributed by atoms with E-state index in [9.17, 15) is 0 Å². The smallest absolute Gasteiger partial charge is 0.0673 e. The number of aromatic nitrogens is 1. The lowest BCUT2D eigenvalue weighted by Gasteiger charge is -2.43. The van der Waals surface area contributed by atoms with Gasteiger partial charge in [-0.3, -0.25) is 21.2 Å². The summed E-state index contributed by atoms with van der Waals surface area (Å²) < 4.78 is 0. The van der Waals surface area contributed by atoms with E-state index in [0.29, 0.717) is 5.69 Å². The lowest BCUT2D eigenvalue weighted by atomic mass is 9.87. The fraction of sp³-hybridized carbons (Fsp3) is 0.615. The molecule has 5 N–H and O–H groups in total. The van der Waals surface area contributed by atoms with Gasteiger partial charge in [0.2, 0.25) is 0 Å². The van der Waals surface area contributed by atoms with Gasteiger partial charge in [0.15, 0.2) is 0 Å². The van der Waals surface area contributed by atoms with E-state index in [1.165, 1.54) is 0 Å². The van der Waals surface area contributed by atoms with E-state index >= 15 is 0 Å². The Bertz CT molecular complexity index is 373. The van der Waals surface area contributed by atoms with Gasteiger partial charge in [-0.05, 0) is 33.0 Å². The average molecular weight is 251 g/mol. The zero-order valence-corrected chi connectivity index (χ0v) is 11.8. The Hall–Kier alpha value is -1.17. The molecule has 1 aromatic heterocycles. The quantitative estimate of drug-likeness (QED) is 0.524. The molecule has 0 aliphatic heterocycles. The molecule has 5 nitrogen and oxygen atoms in total. The van der Waals surface area contributed by atoms with E-state index in [1.54, 1.807) is 18.5 Å². The van der Waals surface area contributed by atoms with Crippen molar-refractivity contribution in [2.75, 3.05) is 18.8 Å². The second kappa shape index (κ2) is 6.13. The summed E-state index contributed by atoms with van der Waals surface area (Å²) in [4.78, 5) is 6.50. The van der Waals surface area contributed by atoms with Crippen molar-refractivity contribution in [3.05, 3.63) is 24.0 Å². The maximum Gasteiger partial charge on any atom is 0.0673 e. The van der Waals surface area contributed by atoms with Gasteiger partial charge in [-0.25, -0.2) is 0 Å². The number of rotatable bonds is 6. The van der Waals surface area contributed by atoms with Crippen LogP contribution in [0.1, 0.15) is 39.3 Å². The maximum atomic E-state index is 6.02. The molecule has 1 unspecified atom stereocenters. The molecule has 0 aliphatic carbocycles. The van der Waals surface area contributed by atoms with Crippen molar-refractivity contribution in [3.63, 3.8) is 0 Å². The Balaban J connectivity index is 3.13.